The number of hydrogen-bond donors (Lipinski definition) is 2. The fourth-order valence-electron chi connectivity index (χ4n) is 5.01. The van der Waals surface area contributed by atoms with Crippen molar-refractivity contribution in [3.05, 3.63) is 0 Å². The molecule has 3 aliphatic rings. The number of piperazine rings is 1. The molecule has 0 bridgehead atoms. The molecule has 3 rings (SSSR count). The zero-order chi connectivity index (χ0) is 25.7. The van der Waals surface area contributed by atoms with Gasteiger partial charge in [-0.2, -0.15) is 0 Å². The molecule has 0 aliphatic carbocycles. The highest BCUT2D eigenvalue weighted by atomic mass is 16.5. The van der Waals surface area contributed by atoms with Crippen LogP contribution in [0.3, 0.4) is 0 Å². The number of carbonyl (C=O) groups excluding carboxylic acids is 6. The van der Waals surface area contributed by atoms with Crippen LogP contribution in [0.25, 0.3) is 0 Å². The first-order valence-electron chi connectivity index (χ1n) is 12.2. The Morgan fingerprint density at radius 1 is 1.09 bits per heavy atom. The van der Waals surface area contributed by atoms with Crippen molar-refractivity contribution in [3.63, 3.8) is 0 Å². The van der Waals surface area contributed by atoms with E-state index in [0.717, 1.165) is 12.8 Å². The van der Waals surface area contributed by atoms with Crippen LogP contribution in [0.15, 0.2) is 0 Å². The first kappa shape index (κ1) is 26.4. The summed E-state index contributed by atoms with van der Waals surface area (Å²) in [4.78, 5) is 79.1. The van der Waals surface area contributed by atoms with Gasteiger partial charge in [0.1, 0.15) is 30.8 Å². The average molecular weight is 494 g/mol. The van der Waals surface area contributed by atoms with Crippen molar-refractivity contribution >= 4 is 36.0 Å². The number of nitrogens with zero attached hydrogens (tertiary/aromatic N) is 3. The molecule has 12 nitrogen and oxygen atoms in total. The standard InChI is InChI=1S/C23H35N5O7/c1-14-6-4-8-26(14)22(33)16(3)25-21(32)18-11-24-19(30)12-28(18)23(34)17-7-5-9-27(17)20(31)10-15(2)35-13-29/h13-18H,4-12H2,1-3H3,(H,24,30)(H,25,32). The summed E-state index contributed by atoms with van der Waals surface area (Å²) in [7, 11) is 0. The van der Waals surface area contributed by atoms with E-state index in [1.807, 2.05) is 6.92 Å². The molecule has 5 unspecified atom stereocenters. The molecule has 3 fully saturated rings. The minimum atomic E-state index is -0.999. The predicted octanol–water partition coefficient (Wildman–Crippen LogP) is -1.23. The van der Waals surface area contributed by atoms with Gasteiger partial charge in [0.25, 0.3) is 6.47 Å². The fraction of sp³-hybridized carbons (Fsp3) is 0.739. The van der Waals surface area contributed by atoms with Crippen molar-refractivity contribution in [2.75, 3.05) is 26.2 Å². The molecular weight excluding hydrogens is 458 g/mol. The molecule has 0 spiro atoms. The first-order chi connectivity index (χ1) is 16.6. The molecule has 0 aromatic rings. The van der Waals surface area contributed by atoms with Crippen molar-refractivity contribution in [2.24, 2.45) is 0 Å². The van der Waals surface area contributed by atoms with Crippen molar-refractivity contribution in [1.29, 1.82) is 0 Å². The van der Waals surface area contributed by atoms with E-state index in [-0.39, 0.29) is 43.8 Å². The van der Waals surface area contributed by atoms with Crippen molar-refractivity contribution in [2.45, 2.75) is 83.1 Å². The Kier molecular flexibility index (Phi) is 8.68. The minimum Gasteiger partial charge on any atom is -0.464 e. The number of amides is 5. The third kappa shape index (κ3) is 6.09. The second-order valence-electron chi connectivity index (χ2n) is 9.53. The van der Waals surface area contributed by atoms with Crippen LogP contribution in [-0.2, 0) is 33.5 Å². The molecule has 35 heavy (non-hydrogen) atoms. The molecule has 194 valence electrons. The number of ether oxygens (including phenoxy) is 1. The van der Waals surface area contributed by atoms with Crippen LogP contribution in [0.5, 0.6) is 0 Å². The van der Waals surface area contributed by atoms with Crippen molar-refractivity contribution in [1.82, 2.24) is 25.3 Å². The molecule has 0 aromatic carbocycles. The van der Waals surface area contributed by atoms with E-state index in [1.54, 1.807) is 18.7 Å². The summed E-state index contributed by atoms with van der Waals surface area (Å²) >= 11 is 0. The van der Waals surface area contributed by atoms with Crippen molar-refractivity contribution < 1.29 is 33.5 Å². The van der Waals surface area contributed by atoms with Crippen LogP contribution in [0, 0.1) is 0 Å². The second kappa shape index (κ2) is 11.5. The highest BCUT2D eigenvalue weighted by Gasteiger charge is 2.43. The van der Waals surface area contributed by atoms with Crippen LogP contribution in [0.1, 0.15) is 52.9 Å². The van der Waals surface area contributed by atoms with Crippen LogP contribution in [0.2, 0.25) is 0 Å². The summed E-state index contributed by atoms with van der Waals surface area (Å²) in [5.41, 5.74) is 0. The van der Waals surface area contributed by atoms with E-state index in [4.69, 9.17) is 4.74 Å². The van der Waals surface area contributed by atoms with Gasteiger partial charge in [0.2, 0.25) is 29.5 Å². The molecule has 3 saturated heterocycles. The van der Waals surface area contributed by atoms with E-state index < -0.39 is 42.0 Å². The maximum absolute atomic E-state index is 13.5. The second-order valence-corrected chi connectivity index (χ2v) is 9.53. The Morgan fingerprint density at radius 3 is 2.43 bits per heavy atom. The largest absolute Gasteiger partial charge is 0.464 e. The topological polar surface area (TPSA) is 145 Å². The monoisotopic (exact) mass is 493 g/mol. The van der Waals surface area contributed by atoms with Crippen LogP contribution in [-0.4, -0.2) is 107 Å². The molecule has 0 saturated carbocycles. The minimum absolute atomic E-state index is 0.0680. The van der Waals surface area contributed by atoms with Gasteiger partial charge in [-0.3, -0.25) is 28.8 Å². The molecule has 3 heterocycles. The number of likely N-dealkylation sites (tertiary alicyclic amines) is 2. The smallest absolute Gasteiger partial charge is 0.293 e. The lowest BCUT2D eigenvalue weighted by atomic mass is 10.1. The van der Waals surface area contributed by atoms with Crippen LogP contribution < -0.4 is 10.6 Å². The van der Waals surface area contributed by atoms with Gasteiger partial charge in [0, 0.05) is 25.7 Å². The average Bonchev–Trinajstić information content (AvgIpc) is 3.47. The lowest BCUT2D eigenvalue weighted by Crippen LogP contribution is -2.65. The third-order valence-electron chi connectivity index (χ3n) is 6.94. The van der Waals surface area contributed by atoms with E-state index in [2.05, 4.69) is 10.6 Å². The Hall–Kier alpha value is -3.18. The number of hydrogen-bond acceptors (Lipinski definition) is 7. The lowest BCUT2D eigenvalue weighted by Gasteiger charge is -2.38. The van der Waals surface area contributed by atoms with E-state index >= 15 is 0 Å². The zero-order valence-corrected chi connectivity index (χ0v) is 20.5. The molecule has 2 N–H and O–H groups in total. The fourth-order valence-corrected chi connectivity index (χ4v) is 5.01. The summed E-state index contributed by atoms with van der Waals surface area (Å²) in [5, 5.41) is 5.31. The number of rotatable bonds is 8. The van der Waals surface area contributed by atoms with Gasteiger partial charge >= 0.3 is 0 Å². The summed E-state index contributed by atoms with van der Waals surface area (Å²) in [5.74, 6) is -1.94. The quantitative estimate of drug-likeness (QED) is 0.403. The van der Waals surface area contributed by atoms with Gasteiger partial charge in [-0.05, 0) is 46.5 Å². The lowest BCUT2D eigenvalue weighted by molar-refractivity contribution is -0.153. The molecule has 3 aliphatic heterocycles. The molecule has 5 amide bonds. The predicted molar refractivity (Wildman–Crippen MR) is 122 cm³/mol. The van der Waals surface area contributed by atoms with Gasteiger partial charge in [-0.25, -0.2) is 0 Å². The summed E-state index contributed by atoms with van der Waals surface area (Å²) in [6.07, 6.45) is 2.14. The highest BCUT2D eigenvalue weighted by Crippen LogP contribution is 2.23. The maximum Gasteiger partial charge on any atom is 0.293 e. The molecule has 0 aromatic heterocycles. The first-order valence-corrected chi connectivity index (χ1v) is 12.2. The molecule has 0 radical (unpaired) electrons. The zero-order valence-electron chi connectivity index (χ0n) is 20.5. The van der Waals surface area contributed by atoms with E-state index in [9.17, 15) is 28.8 Å². The summed E-state index contributed by atoms with van der Waals surface area (Å²) in [6.45, 7) is 6.05. The summed E-state index contributed by atoms with van der Waals surface area (Å²) < 4.78 is 4.79. The van der Waals surface area contributed by atoms with Gasteiger partial charge in [0.05, 0.1) is 6.42 Å². The number of carbonyl (C=O) groups is 6. The van der Waals surface area contributed by atoms with Gasteiger partial charge in [-0.15, -0.1) is 0 Å². The third-order valence-corrected chi connectivity index (χ3v) is 6.94. The van der Waals surface area contributed by atoms with E-state index in [0.29, 0.717) is 25.9 Å². The Bertz CT molecular complexity index is 865. The maximum atomic E-state index is 13.5. The molecule has 12 heteroatoms. The molecule has 5 atom stereocenters. The number of nitrogens with one attached hydrogen (secondary N) is 2. The Balaban J connectivity index is 1.68. The van der Waals surface area contributed by atoms with Gasteiger partial charge in [0.15, 0.2) is 0 Å². The van der Waals surface area contributed by atoms with E-state index in [1.165, 1.54) is 9.80 Å². The SMILES string of the molecule is CC(CC(=O)N1CCCC1C(=O)N1CC(=O)NCC1C(=O)NC(C)C(=O)N1CCCC1C)OC=O. The molecular formula is C23H35N5O7. The Labute approximate surface area is 204 Å². The van der Waals surface area contributed by atoms with Crippen LogP contribution in [0.4, 0.5) is 0 Å². The van der Waals surface area contributed by atoms with Gasteiger partial charge in [-0.1, -0.05) is 0 Å². The van der Waals surface area contributed by atoms with Gasteiger partial charge < -0.3 is 30.1 Å². The Morgan fingerprint density at radius 2 is 1.77 bits per heavy atom. The van der Waals surface area contributed by atoms with Crippen LogP contribution >= 0.6 is 0 Å². The normalized spacial score (nSPS) is 26.1. The highest BCUT2D eigenvalue weighted by molar-refractivity contribution is 5.98. The van der Waals surface area contributed by atoms with Crippen molar-refractivity contribution in [3.8, 4) is 0 Å². The summed E-state index contributed by atoms with van der Waals surface area (Å²) in [6, 6.07) is -2.47.